The molecule has 0 bridgehead atoms. The Bertz CT molecular complexity index is 699. The second-order valence-electron chi connectivity index (χ2n) is 11.6. The number of aliphatic hydroxyl groups excluding tert-OH is 1. The van der Waals surface area contributed by atoms with Crippen LogP contribution in [0.25, 0.3) is 0 Å². The number of fused-ring (bicyclic) bond motifs is 5. The monoisotopic (exact) mass is 396 g/mol. The van der Waals surface area contributed by atoms with Crippen molar-refractivity contribution < 1.29 is 5.11 Å². The molecule has 0 heterocycles. The van der Waals surface area contributed by atoms with Crippen LogP contribution in [-0.4, -0.2) is 11.7 Å². The largest absolute Gasteiger partial charge is 0.396 e. The van der Waals surface area contributed by atoms with Gasteiger partial charge in [-0.2, -0.15) is 0 Å². The average molecular weight is 397 g/mol. The Hall–Kier alpha value is -0.820. The van der Waals surface area contributed by atoms with Crippen LogP contribution in [0.15, 0.2) is 35.5 Å². The van der Waals surface area contributed by atoms with Crippen molar-refractivity contribution in [2.45, 2.75) is 86.0 Å². The molecule has 1 heteroatoms. The summed E-state index contributed by atoms with van der Waals surface area (Å²) in [7, 11) is 0. The summed E-state index contributed by atoms with van der Waals surface area (Å²) in [4.78, 5) is 0. The van der Waals surface area contributed by atoms with Crippen LogP contribution in [0.4, 0.5) is 0 Å². The number of rotatable bonds is 5. The van der Waals surface area contributed by atoms with Crippen molar-refractivity contribution in [2.24, 2.45) is 46.3 Å². The number of aliphatic hydroxyl groups is 1. The third-order valence-corrected chi connectivity index (χ3v) is 10.0. The van der Waals surface area contributed by atoms with Crippen molar-refractivity contribution in [2.75, 3.05) is 6.61 Å². The molecule has 4 aliphatic carbocycles. The summed E-state index contributed by atoms with van der Waals surface area (Å²) in [6.07, 6.45) is 21.3. The zero-order valence-electron chi connectivity index (χ0n) is 19.6. The first-order valence-corrected chi connectivity index (χ1v) is 12.5. The minimum Gasteiger partial charge on any atom is -0.396 e. The SMILES string of the molecule is CC(CO)[C@@H](C)C=C[C@@H](C)[C@H]1CC[C@H]2C3=CCC4CCCC[C@]4(C)C3=CC[C@]12C. The lowest BCUT2D eigenvalue weighted by Crippen LogP contribution is -2.42. The normalized spacial score (nSPS) is 42.3. The molecular weight excluding hydrogens is 352 g/mol. The summed E-state index contributed by atoms with van der Waals surface area (Å²) < 4.78 is 0. The molecular formula is C28H44O. The zero-order valence-corrected chi connectivity index (χ0v) is 19.6. The van der Waals surface area contributed by atoms with Crippen molar-refractivity contribution in [1.29, 1.82) is 0 Å². The second-order valence-corrected chi connectivity index (χ2v) is 11.6. The minimum atomic E-state index is 0.282. The predicted molar refractivity (Wildman–Crippen MR) is 124 cm³/mol. The summed E-state index contributed by atoms with van der Waals surface area (Å²) in [5, 5.41) is 9.44. The smallest absolute Gasteiger partial charge is 0.0462 e. The fourth-order valence-electron chi connectivity index (χ4n) is 7.62. The first-order chi connectivity index (χ1) is 13.8. The lowest BCUT2D eigenvalue weighted by molar-refractivity contribution is 0.113. The van der Waals surface area contributed by atoms with Gasteiger partial charge < -0.3 is 5.11 Å². The van der Waals surface area contributed by atoms with Crippen LogP contribution < -0.4 is 0 Å². The Morgan fingerprint density at radius 2 is 1.86 bits per heavy atom. The molecule has 1 nitrogen and oxygen atoms in total. The molecule has 4 aliphatic rings. The molecule has 0 saturated heterocycles. The van der Waals surface area contributed by atoms with E-state index in [1.807, 2.05) is 0 Å². The molecule has 0 aliphatic heterocycles. The molecule has 0 amide bonds. The highest BCUT2D eigenvalue weighted by Crippen LogP contribution is 2.64. The van der Waals surface area contributed by atoms with E-state index in [-0.39, 0.29) is 6.61 Å². The van der Waals surface area contributed by atoms with Crippen LogP contribution in [0.2, 0.25) is 0 Å². The van der Waals surface area contributed by atoms with Crippen LogP contribution in [-0.2, 0) is 0 Å². The zero-order chi connectivity index (χ0) is 20.8. The van der Waals surface area contributed by atoms with Crippen LogP contribution in [0.3, 0.4) is 0 Å². The molecule has 0 aromatic rings. The van der Waals surface area contributed by atoms with Gasteiger partial charge >= 0.3 is 0 Å². The predicted octanol–water partition coefficient (Wildman–Crippen LogP) is 7.33. The fourth-order valence-corrected chi connectivity index (χ4v) is 7.62. The van der Waals surface area contributed by atoms with Crippen LogP contribution in [0.5, 0.6) is 0 Å². The Kier molecular flexibility index (Phi) is 5.93. The van der Waals surface area contributed by atoms with Gasteiger partial charge in [0.25, 0.3) is 0 Å². The van der Waals surface area contributed by atoms with Gasteiger partial charge in [-0.3, -0.25) is 0 Å². The van der Waals surface area contributed by atoms with Crippen molar-refractivity contribution in [1.82, 2.24) is 0 Å². The van der Waals surface area contributed by atoms with E-state index in [2.05, 4.69) is 58.9 Å². The second kappa shape index (κ2) is 8.03. The van der Waals surface area contributed by atoms with Gasteiger partial charge in [-0.25, -0.2) is 0 Å². The van der Waals surface area contributed by atoms with Crippen molar-refractivity contribution >= 4 is 0 Å². The molecule has 4 rings (SSSR count). The number of hydrogen-bond acceptors (Lipinski definition) is 1. The van der Waals surface area contributed by atoms with Crippen molar-refractivity contribution in [3.05, 3.63) is 35.5 Å². The van der Waals surface area contributed by atoms with E-state index >= 15 is 0 Å². The molecule has 29 heavy (non-hydrogen) atoms. The molecule has 2 saturated carbocycles. The quantitative estimate of drug-likeness (QED) is 0.482. The minimum absolute atomic E-state index is 0.282. The van der Waals surface area contributed by atoms with E-state index in [9.17, 15) is 5.11 Å². The Morgan fingerprint density at radius 3 is 2.62 bits per heavy atom. The lowest BCUT2D eigenvalue weighted by Gasteiger charge is -2.53. The molecule has 0 aromatic heterocycles. The van der Waals surface area contributed by atoms with E-state index in [0.29, 0.717) is 28.6 Å². The molecule has 8 atom stereocenters. The number of allylic oxidation sites excluding steroid dienone is 6. The van der Waals surface area contributed by atoms with Crippen LogP contribution in [0.1, 0.15) is 86.0 Å². The van der Waals surface area contributed by atoms with Gasteiger partial charge in [-0.15, -0.1) is 0 Å². The maximum absolute atomic E-state index is 9.44. The molecule has 2 fully saturated rings. The molecule has 1 N–H and O–H groups in total. The van der Waals surface area contributed by atoms with Gasteiger partial charge in [-0.1, -0.05) is 71.8 Å². The van der Waals surface area contributed by atoms with Gasteiger partial charge in [0.15, 0.2) is 0 Å². The van der Waals surface area contributed by atoms with Crippen LogP contribution in [0, 0.1) is 46.3 Å². The topological polar surface area (TPSA) is 20.2 Å². The first kappa shape index (κ1) is 21.4. The molecule has 162 valence electrons. The van der Waals surface area contributed by atoms with E-state index in [1.165, 1.54) is 51.4 Å². The number of hydrogen-bond donors (Lipinski definition) is 1. The first-order valence-electron chi connectivity index (χ1n) is 12.5. The summed E-state index contributed by atoms with van der Waals surface area (Å²) >= 11 is 0. The highest BCUT2D eigenvalue weighted by Gasteiger charge is 2.54. The molecule has 2 unspecified atom stereocenters. The summed E-state index contributed by atoms with van der Waals surface area (Å²) in [6.45, 7) is 12.3. The van der Waals surface area contributed by atoms with E-state index in [0.717, 1.165) is 17.8 Å². The fraction of sp³-hybridized carbons (Fsp3) is 0.786. The summed E-state index contributed by atoms with van der Waals surface area (Å²) in [5.41, 5.74) is 4.41. The maximum Gasteiger partial charge on any atom is 0.0462 e. The Morgan fingerprint density at radius 1 is 1.07 bits per heavy atom. The van der Waals surface area contributed by atoms with E-state index in [1.54, 1.807) is 11.1 Å². The molecule has 0 spiro atoms. The Balaban J connectivity index is 1.55. The van der Waals surface area contributed by atoms with Gasteiger partial charge in [-0.05, 0) is 96.0 Å². The van der Waals surface area contributed by atoms with Gasteiger partial charge in [0.05, 0.1) is 0 Å². The van der Waals surface area contributed by atoms with Crippen LogP contribution >= 0.6 is 0 Å². The molecule has 0 radical (unpaired) electrons. The van der Waals surface area contributed by atoms with Crippen molar-refractivity contribution in [3.8, 4) is 0 Å². The summed E-state index contributed by atoms with van der Waals surface area (Å²) in [5.74, 6) is 3.87. The standard InChI is InChI=1S/C28H44O/c1-19(21(3)18-29)9-10-20(2)24-13-14-25-23-12-11-22-8-6-7-16-27(22,4)26(23)15-17-28(24,25)5/h9-10,12,15,19-22,24-25,29H,6-8,11,13-14,16-18H2,1-5H3/t19-,20+,21?,22?,24+,25-,27-,28+/m0/s1. The highest BCUT2D eigenvalue weighted by molar-refractivity contribution is 5.46. The van der Waals surface area contributed by atoms with Gasteiger partial charge in [0, 0.05) is 6.61 Å². The summed E-state index contributed by atoms with van der Waals surface area (Å²) in [6, 6.07) is 0. The highest BCUT2D eigenvalue weighted by atomic mass is 16.3. The maximum atomic E-state index is 9.44. The third-order valence-electron chi connectivity index (χ3n) is 10.0. The lowest BCUT2D eigenvalue weighted by atomic mass is 9.52. The molecule has 0 aromatic carbocycles. The van der Waals surface area contributed by atoms with E-state index < -0.39 is 0 Å². The Labute approximate surface area is 179 Å². The van der Waals surface area contributed by atoms with E-state index in [4.69, 9.17) is 0 Å². The third kappa shape index (κ3) is 3.50. The van der Waals surface area contributed by atoms with Gasteiger partial charge in [0.2, 0.25) is 0 Å². The van der Waals surface area contributed by atoms with Crippen molar-refractivity contribution in [3.63, 3.8) is 0 Å². The average Bonchev–Trinajstić information content (AvgIpc) is 3.08. The van der Waals surface area contributed by atoms with Gasteiger partial charge in [0.1, 0.15) is 0 Å².